The Morgan fingerprint density at radius 3 is 1.20 bits per heavy atom. The van der Waals surface area contributed by atoms with Crippen LogP contribution in [0.5, 0.6) is 28.7 Å². The summed E-state index contributed by atoms with van der Waals surface area (Å²) in [6.45, 7) is 51.8. The van der Waals surface area contributed by atoms with E-state index >= 15 is 0 Å². The van der Waals surface area contributed by atoms with Crippen molar-refractivity contribution in [3.63, 3.8) is 0 Å². The number of alkyl halides is 6. The zero-order valence-corrected chi connectivity index (χ0v) is 92.6. The number of esters is 4. The van der Waals surface area contributed by atoms with E-state index < -0.39 is 115 Å². The van der Waals surface area contributed by atoms with E-state index in [1.807, 2.05) is 149 Å². The zero-order chi connectivity index (χ0) is 113. The molecule has 0 radical (unpaired) electrons. The molecule has 148 heavy (non-hydrogen) atoms. The number of hydrogen-bond donors (Lipinski definition) is 3. The van der Waals surface area contributed by atoms with E-state index in [2.05, 4.69) is 138 Å². The van der Waals surface area contributed by atoms with Gasteiger partial charge in [0.1, 0.15) is 50.2 Å². The van der Waals surface area contributed by atoms with Crippen LogP contribution in [0.2, 0.25) is 0 Å². The molecule has 0 spiro atoms. The largest absolute Gasteiger partial charge is 0.744 e. The number of carbonyl (C=O) groups is 4. The summed E-state index contributed by atoms with van der Waals surface area (Å²) in [4.78, 5) is 49.4. The molecule has 1 heterocycles. The van der Waals surface area contributed by atoms with Crippen molar-refractivity contribution in [2.75, 3.05) is 6.61 Å². The second-order valence-electron chi connectivity index (χ2n) is 40.7. The van der Waals surface area contributed by atoms with Gasteiger partial charge in [0.2, 0.25) is 30.0 Å². The van der Waals surface area contributed by atoms with Crippen molar-refractivity contribution in [2.24, 2.45) is 45.3 Å². The molecule has 11 rings (SSSR count). The van der Waals surface area contributed by atoms with Crippen molar-refractivity contribution in [1.82, 2.24) is 0 Å². The fourth-order valence-corrected chi connectivity index (χ4v) is 18.3. The average Bonchev–Trinajstić information content (AvgIpc) is 1.35. The van der Waals surface area contributed by atoms with E-state index in [9.17, 15) is 97.4 Å². The Hall–Kier alpha value is -9.86. The van der Waals surface area contributed by atoms with Gasteiger partial charge in [0.05, 0.1) is 45.3 Å². The number of fused-ring (bicyclic) bond motifs is 1. The maximum Gasteiger partial charge on any atom is 0.450 e. The SMILES string of the molecule is CCC(C)(C)C(=O)OC(CC(C)(C)C)OC(C)C.CCC(C)(C)C(=O)OC(OC(C)C)C(C)C.CCC(C)(C)C(=O)OC1C2CC3C(=O)OC1C3C2.CCC(C)c1ccc(O)cc1.CCC(C)c1ccc(O)cc1.CCC(C)c1ccc(OS(=O)(=O)C(F)(F)C(F)(F)C(F)(F)S(=O)(=O)[O-])cc1.CCC(C)c1ccc(Oc2c(F)c(F)c(S(=O)(=O)[O-])c(F)c2F)cc1.OCCc1ccc([S+](c2ccccc2)c2ccccc2)cc1. The molecule has 3 fully saturated rings. The minimum absolute atomic E-state index is 0.0256. The number of hydrogen-bond acceptors (Lipinski definition) is 23. The first-order chi connectivity index (χ1) is 68.5. The average molecular weight is 2170 g/mol. The lowest BCUT2D eigenvalue weighted by Gasteiger charge is -2.32. The minimum Gasteiger partial charge on any atom is -0.744 e. The van der Waals surface area contributed by atoms with E-state index in [0.29, 0.717) is 60.0 Å². The van der Waals surface area contributed by atoms with Gasteiger partial charge >= 0.3 is 50.4 Å². The highest BCUT2D eigenvalue weighted by molar-refractivity contribution is 7.97. The first kappa shape index (κ1) is 130. The van der Waals surface area contributed by atoms with Crippen LogP contribution in [0.4, 0.5) is 43.9 Å². The number of phenolic OH excluding ortho intramolecular Hbond substituents is 2. The van der Waals surface area contributed by atoms with E-state index in [0.717, 1.165) is 69.1 Å². The summed E-state index contributed by atoms with van der Waals surface area (Å²) in [6, 6.07) is 54.7. The zero-order valence-electron chi connectivity index (χ0n) is 89.3. The van der Waals surface area contributed by atoms with Crippen molar-refractivity contribution < 1.29 is 150 Å². The van der Waals surface area contributed by atoms with Crippen molar-refractivity contribution in [3.8, 4) is 28.7 Å². The van der Waals surface area contributed by atoms with Gasteiger partial charge < -0.3 is 61.8 Å². The van der Waals surface area contributed by atoms with Gasteiger partial charge in [-0.3, -0.25) is 19.2 Å². The lowest BCUT2D eigenvalue weighted by Crippen LogP contribution is -2.61. The van der Waals surface area contributed by atoms with Crippen LogP contribution < -0.4 is 8.92 Å². The Morgan fingerprint density at radius 1 is 0.473 bits per heavy atom. The quantitative estimate of drug-likeness (QED) is 0.00476. The Morgan fingerprint density at radius 2 is 0.845 bits per heavy atom. The van der Waals surface area contributed by atoms with Crippen LogP contribution in [-0.2, 0) is 95.3 Å². The van der Waals surface area contributed by atoms with Gasteiger partial charge in [-0.2, -0.15) is 43.5 Å². The standard InChI is InChI=1S/C20H19OS.C16H14F4O4S.C15H30O3.C14H20O4.C13H14F6O6S2.C13H26O3.2C10H14O/c21-16-15-17-11-13-20(14-12-17)22(18-7-3-1-4-8-18)19-9-5-2-6-10-19;1-3-8(2)9-4-6-10(7-5-9)24-15-11(17)13(19)16(25(21,22)23)14(20)12(15)18;1-9-15(7,8)13(16)18-12(17-11(2)3)10-14(4,5)6;1-4-14(2,3)13(16)18-10-7-5-8-9(6-7)12(15)17-11(8)10;1-3-8(2)9-4-6-10(7-5-9)25-27(23,24)13(18,19)11(14,15)12(16,17)26(20,21)22;1-8-13(6,7)12(14)16-11(9(2)3)15-10(4)5;2*1-3-8(2)9-4-6-10(11)7-5-9/h1-14,21H,15-16H2;4-8H,3H2,1-2H3,(H,21,22,23);11-12H,9-10H2,1-8H3;7-11H,4-6H2,1-3H3;4-8H,3H2,1-2H3,(H,20,21,22);9-11H,8H2,1-7H3;2*4-8,11H,3H2,1-2H3/q+1;;;;;;;/p-2. The second kappa shape index (κ2) is 57.0. The highest BCUT2D eigenvalue weighted by atomic mass is 32.2. The number of carbonyl (C=O) groups excluding carboxylic acids is 4. The van der Waals surface area contributed by atoms with E-state index in [1.54, 1.807) is 43.3 Å². The van der Waals surface area contributed by atoms with Crippen LogP contribution in [0.1, 0.15) is 296 Å². The molecule has 2 bridgehead atoms. The molecule has 0 amide bonds. The normalized spacial score (nSPS) is 16.9. The summed E-state index contributed by atoms with van der Waals surface area (Å²) in [6.07, 6.45) is 8.14. The van der Waals surface area contributed by atoms with Crippen molar-refractivity contribution >= 4 is 65.1 Å². The Bertz CT molecular complexity index is 5700. The molecule has 3 N–H and O–H groups in total. The predicted molar refractivity (Wildman–Crippen MR) is 547 cm³/mol. The van der Waals surface area contributed by atoms with Gasteiger partial charge in [-0.05, 0) is 275 Å². The van der Waals surface area contributed by atoms with Gasteiger partial charge in [-0.1, -0.05) is 208 Å². The van der Waals surface area contributed by atoms with Crippen LogP contribution in [0, 0.1) is 68.6 Å². The number of aromatic hydroxyl groups is 2. The van der Waals surface area contributed by atoms with Crippen LogP contribution in [0.3, 0.4) is 0 Å². The summed E-state index contributed by atoms with van der Waals surface area (Å²) in [5.41, 5.74) is 4.03. The molecule has 11 unspecified atom stereocenters. The lowest BCUT2D eigenvalue weighted by atomic mass is 9.87. The highest BCUT2D eigenvalue weighted by Gasteiger charge is 2.81. The van der Waals surface area contributed by atoms with Gasteiger partial charge in [0.25, 0.3) is 0 Å². The summed E-state index contributed by atoms with van der Waals surface area (Å²) >= 11 is 0. The molecule has 1 aliphatic heterocycles. The number of aliphatic hydroxyl groups excluding tert-OH is 1. The smallest absolute Gasteiger partial charge is 0.450 e. The highest BCUT2D eigenvalue weighted by Crippen LogP contribution is 2.56. The van der Waals surface area contributed by atoms with Crippen LogP contribution in [-0.4, -0.2) is 134 Å². The van der Waals surface area contributed by atoms with Gasteiger partial charge in [0, 0.05) is 30.8 Å². The third kappa shape index (κ3) is 37.3. The summed E-state index contributed by atoms with van der Waals surface area (Å²) < 4.78 is 263. The number of phenols is 2. The molecule has 0 aromatic heterocycles. The molecule has 2 saturated carbocycles. The van der Waals surface area contributed by atoms with Crippen molar-refractivity contribution in [3.05, 3.63) is 233 Å². The van der Waals surface area contributed by atoms with Gasteiger partial charge in [-0.15, -0.1) is 0 Å². The number of ether oxygens (including phenoxy) is 7. The number of aliphatic hydroxyl groups is 1. The molecule has 1 saturated heterocycles. The van der Waals surface area contributed by atoms with Crippen LogP contribution in [0.25, 0.3) is 0 Å². The molecule has 3 aliphatic rings. The first-order valence-corrected chi connectivity index (χ1v) is 54.9. The first-order valence-electron chi connectivity index (χ1n) is 49.5. The fourth-order valence-electron chi connectivity index (χ4n) is 14.2. The van der Waals surface area contributed by atoms with Gasteiger partial charge in [-0.25, -0.2) is 25.6 Å². The predicted octanol–water partition coefficient (Wildman–Crippen LogP) is 27.3. The molecular formula is C111H149F10O23S4-. The minimum atomic E-state index is -7.33. The van der Waals surface area contributed by atoms with Crippen molar-refractivity contribution in [1.29, 1.82) is 0 Å². The Balaban J connectivity index is 0.000000358. The summed E-state index contributed by atoms with van der Waals surface area (Å²) in [5, 5.41) is 13.4. The Kier molecular flexibility index (Phi) is 50.2. The second-order valence-corrected chi connectivity index (χ2v) is 47.0. The molecule has 11 atom stereocenters. The topological polar surface area (TPSA) is 351 Å². The van der Waals surface area contributed by atoms with Crippen LogP contribution in [0.15, 0.2) is 202 Å². The third-order valence-corrected chi connectivity index (χ3v) is 30.9. The summed E-state index contributed by atoms with van der Waals surface area (Å²) in [7, 11) is -20.0. The van der Waals surface area contributed by atoms with Crippen LogP contribution >= 0.6 is 0 Å². The molecule has 2 aliphatic carbocycles. The molecule has 23 nitrogen and oxygen atoms in total. The van der Waals surface area contributed by atoms with E-state index in [-0.39, 0.29) is 101 Å². The van der Waals surface area contributed by atoms with Gasteiger partial charge in [0.15, 0.2) is 36.4 Å². The number of halogens is 10. The number of benzene rings is 8. The third-order valence-electron chi connectivity index (χ3n) is 25.6. The fraction of sp³-hybridized carbons (Fsp3) is 0.532. The summed E-state index contributed by atoms with van der Waals surface area (Å²) in [5.74, 6) is -16.2. The monoisotopic (exact) mass is 2170 g/mol. The molecular weight excluding hydrogens is 2020 g/mol. The molecule has 8 aromatic rings. The molecule has 826 valence electrons. The number of rotatable bonds is 37. The van der Waals surface area contributed by atoms with E-state index in [4.69, 9.17) is 48.5 Å². The molecule has 37 heteroatoms. The molecule has 8 aromatic carbocycles. The lowest BCUT2D eigenvalue weighted by molar-refractivity contribution is -0.247. The maximum absolute atomic E-state index is 13.9. The van der Waals surface area contributed by atoms with E-state index in [1.165, 1.54) is 55.6 Å². The Labute approximate surface area is 871 Å². The van der Waals surface area contributed by atoms with Crippen molar-refractivity contribution in [2.45, 2.75) is 347 Å². The maximum atomic E-state index is 13.9.